The van der Waals surface area contributed by atoms with Crippen LogP contribution in [0.25, 0.3) is 0 Å². The number of ether oxygens (including phenoxy) is 1. The normalized spacial score (nSPS) is 14.5. The molecule has 1 aromatic heterocycles. The summed E-state index contributed by atoms with van der Waals surface area (Å²) in [4.78, 5) is 29.1. The lowest BCUT2D eigenvalue weighted by Crippen LogP contribution is -2.51. The second-order valence-corrected chi connectivity index (χ2v) is 8.06. The molecule has 2 amide bonds. The molecule has 0 radical (unpaired) electrons. The van der Waals surface area contributed by atoms with Crippen LogP contribution in [-0.2, 0) is 4.79 Å². The van der Waals surface area contributed by atoms with E-state index in [9.17, 15) is 9.59 Å². The van der Waals surface area contributed by atoms with Gasteiger partial charge in [-0.3, -0.25) is 9.59 Å². The zero-order valence-corrected chi connectivity index (χ0v) is 16.9. The maximum atomic E-state index is 12.4. The zero-order chi connectivity index (χ0) is 19.4. The van der Waals surface area contributed by atoms with Crippen molar-refractivity contribution in [2.75, 3.05) is 32.8 Å². The van der Waals surface area contributed by atoms with Crippen molar-refractivity contribution in [3.63, 3.8) is 0 Å². The Labute approximate surface area is 164 Å². The number of aryl methyl sites for hydroxylation is 1. The van der Waals surface area contributed by atoms with Crippen molar-refractivity contribution >= 4 is 23.2 Å². The summed E-state index contributed by atoms with van der Waals surface area (Å²) in [6, 6.07) is 9.69. The van der Waals surface area contributed by atoms with Gasteiger partial charge in [0.2, 0.25) is 0 Å². The number of amides is 2. The molecule has 2 aromatic rings. The van der Waals surface area contributed by atoms with Gasteiger partial charge in [0.15, 0.2) is 6.61 Å². The SMILES string of the molecule is Cc1cc(OCC(=O)N2CCN(C(=O)c3cccs3)CC2)ccc1C(C)C. The van der Waals surface area contributed by atoms with Crippen LogP contribution in [0.3, 0.4) is 0 Å². The van der Waals surface area contributed by atoms with Crippen molar-refractivity contribution in [2.24, 2.45) is 0 Å². The van der Waals surface area contributed by atoms with Crippen LogP contribution in [0, 0.1) is 6.92 Å². The van der Waals surface area contributed by atoms with Crippen LogP contribution < -0.4 is 4.74 Å². The van der Waals surface area contributed by atoms with Crippen molar-refractivity contribution < 1.29 is 14.3 Å². The van der Waals surface area contributed by atoms with Crippen LogP contribution in [0.1, 0.15) is 40.6 Å². The molecule has 0 saturated carbocycles. The van der Waals surface area contributed by atoms with Crippen molar-refractivity contribution in [2.45, 2.75) is 26.7 Å². The number of hydrogen-bond acceptors (Lipinski definition) is 4. The maximum Gasteiger partial charge on any atom is 0.264 e. The van der Waals surface area contributed by atoms with Crippen molar-refractivity contribution in [3.8, 4) is 5.75 Å². The van der Waals surface area contributed by atoms with E-state index in [2.05, 4.69) is 26.8 Å². The maximum absolute atomic E-state index is 12.4. The standard InChI is InChI=1S/C21H26N2O3S/c1-15(2)18-7-6-17(13-16(18)3)26-14-20(24)22-8-10-23(11-9-22)21(25)19-5-4-12-27-19/h4-7,12-13,15H,8-11,14H2,1-3H3. The summed E-state index contributed by atoms with van der Waals surface area (Å²) >= 11 is 1.45. The minimum Gasteiger partial charge on any atom is -0.484 e. The smallest absolute Gasteiger partial charge is 0.264 e. The highest BCUT2D eigenvalue weighted by atomic mass is 32.1. The zero-order valence-electron chi connectivity index (χ0n) is 16.1. The number of carbonyl (C=O) groups is 2. The summed E-state index contributed by atoms with van der Waals surface area (Å²) in [6.07, 6.45) is 0. The molecule has 5 nitrogen and oxygen atoms in total. The van der Waals surface area contributed by atoms with Crippen LogP contribution in [0.2, 0.25) is 0 Å². The second kappa shape index (κ2) is 8.57. The fourth-order valence-corrected chi connectivity index (χ4v) is 4.03. The quantitative estimate of drug-likeness (QED) is 0.790. The Morgan fingerprint density at radius 3 is 2.41 bits per heavy atom. The van der Waals surface area contributed by atoms with Gasteiger partial charge in [-0.15, -0.1) is 11.3 Å². The van der Waals surface area contributed by atoms with E-state index >= 15 is 0 Å². The Bertz CT molecular complexity index is 794. The molecule has 6 heteroatoms. The molecular formula is C21H26N2O3S. The average molecular weight is 387 g/mol. The van der Waals surface area contributed by atoms with Gasteiger partial charge in [0.05, 0.1) is 4.88 Å². The predicted octanol–water partition coefficient (Wildman–Crippen LogP) is 3.54. The summed E-state index contributed by atoms with van der Waals surface area (Å²) < 4.78 is 5.70. The van der Waals surface area contributed by atoms with Gasteiger partial charge in [-0.05, 0) is 47.5 Å². The van der Waals surface area contributed by atoms with Crippen LogP contribution in [0.15, 0.2) is 35.7 Å². The Morgan fingerprint density at radius 1 is 1.11 bits per heavy atom. The third-order valence-corrected chi connectivity index (χ3v) is 5.73. The van der Waals surface area contributed by atoms with E-state index in [0.29, 0.717) is 32.1 Å². The molecule has 0 spiro atoms. The first-order valence-electron chi connectivity index (χ1n) is 9.29. The molecule has 1 aliphatic heterocycles. The number of rotatable bonds is 5. The van der Waals surface area contributed by atoms with Gasteiger partial charge in [0, 0.05) is 26.2 Å². The highest BCUT2D eigenvalue weighted by Gasteiger charge is 2.25. The van der Waals surface area contributed by atoms with E-state index < -0.39 is 0 Å². The van der Waals surface area contributed by atoms with E-state index in [1.54, 1.807) is 4.90 Å². The first-order valence-corrected chi connectivity index (χ1v) is 10.2. The third kappa shape index (κ3) is 4.69. The molecule has 0 unspecified atom stereocenters. The Balaban J connectivity index is 1.48. The fourth-order valence-electron chi connectivity index (χ4n) is 3.34. The van der Waals surface area contributed by atoms with Gasteiger partial charge in [0.25, 0.3) is 11.8 Å². The Kier molecular flexibility index (Phi) is 6.16. The monoisotopic (exact) mass is 386 g/mol. The lowest BCUT2D eigenvalue weighted by atomic mass is 9.98. The van der Waals surface area contributed by atoms with Crippen molar-refractivity contribution in [1.82, 2.24) is 9.80 Å². The van der Waals surface area contributed by atoms with Gasteiger partial charge in [0.1, 0.15) is 5.75 Å². The number of hydrogen-bond donors (Lipinski definition) is 0. The average Bonchev–Trinajstić information content (AvgIpc) is 3.20. The molecule has 1 aromatic carbocycles. The van der Waals surface area contributed by atoms with Crippen molar-refractivity contribution in [3.05, 3.63) is 51.7 Å². The molecule has 27 heavy (non-hydrogen) atoms. The van der Waals surface area contributed by atoms with Gasteiger partial charge < -0.3 is 14.5 Å². The highest BCUT2D eigenvalue weighted by molar-refractivity contribution is 7.12. The molecule has 3 rings (SSSR count). The highest BCUT2D eigenvalue weighted by Crippen LogP contribution is 2.23. The number of thiophene rings is 1. The summed E-state index contributed by atoms with van der Waals surface area (Å²) in [6.45, 7) is 8.63. The minimum absolute atomic E-state index is 0.0271. The Morgan fingerprint density at radius 2 is 1.81 bits per heavy atom. The summed E-state index contributed by atoms with van der Waals surface area (Å²) in [5.74, 6) is 1.20. The van der Waals surface area contributed by atoms with Crippen LogP contribution in [-0.4, -0.2) is 54.4 Å². The number of benzene rings is 1. The number of piperazine rings is 1. The molecule has 0 N–H and O–H groups in total. The lowest BCUT2D eigenvalue weighted by Gasteiger charge is -2.34. The molecule has 144 valence electrons. The first-order chi connectivity index (χ1) is 13.0. The molecule has 0 bridgehead atoms. The van der Waals surface area contributed by atoms with E-state index in [1.165, 1.54) is 22.5 Å². The third-order valence-electron chi connectivity index (χ3n) is 4.88. The first kappa shape index (κ1) is 19.4. The number of nitrogens with zero attached hydrogens (tertiary/aromatic N) is 2. The topological polar surface area (TPSA) is 49.9 Å². The Hall–Kier alpha value is -2.34. The van der Waals surface area contributed by atoms with Crippen LogP contribution in [0.5, 0.6) is 5.75 Å². The molecular weight excluding hydrogens is 360 g/mol. The molecule has 1 aliphatic rings. The lowest BCUT2D eigenvalue weighted by molar-refractivity contribution is -0.134. The molecule has 0 atom stereocenters. The van der Waals surface area contributed by atoms with E-state index in [0.717, 1.165) is 10.6 Å². The van der Waals surface area contributed by atoms with Crippen LogP contribution in [0.4, 0.5) is 0 Å². The summed E-state index contributed by atoms with van der Waals surface area (Å²) in [7, 11) is 0. The molecule has 1 saturated heterocycles. The summed E-state index contributed by atoms with van der Waals surface area (Å²) in [5.41, 5.74) is 2.47. The van der Waals surface area contributed by atoms with Gasteiger partial charge in [-0.1, -0.05) is 26.0 Å². The molecule has 0 aliphatic carbocycles. The largest absolute Gasteiger partial charge is 0.484 e. The second-order valence-electron chi connectivity index (χ2n) is 7.11. The van der Waals surface area contributed by atoms with Gasteiger partial charge in [-0.2, -0.15) is 0 Å². The minimum atomic E-state index is -0.0381. The fraction of sp³-hybridized carbons (Fsp3) is 0.429. The van der Waals surface area contributed by atoms with Crippen molar-refractivity contribution in [1.29, 1.82) is 0 Å². The summed E-state index contributed by atoms with van der Waals surface area (Å²) in [5, 5.41) is 1.90. The molecule has 2 heterocycles. The molecule has 1 fully saturated rings. The van der Waals surface area contributed by atoms with E-state index in [1.807, 2.05) is 34.5 Å². The van der Waals surface area contributed by atoms with Gasteiger partial charge >= 0.3 is 0 Å². The van der Waals surface area contributed by atoms with Crippen LogP contribution >= 0.6 is 11.3 Å². The van der Waals surface area contributed by atoms with Gasteiger partial charge in [-0.25, -0.2) is 0 Å². The van der Waals surface area contributed by atoms with E-state index in [4.69, 9.17) is 4.74 Å². The number of carbonyl (C=O) groups excluding carboxylic acids is 2. The van der Waals surface area contributed by atoms with E-state index in [-0.39, 0.29) is 18.4 Å². The predicted molar refractivity (Wildman–Crippen MR) is 108 cm³/mol.